The van der Waals surface area contributed by atoms with Gasteiger partial charge < -0.3 is 5.73 Å². The van der Waals surface area contributed by atoms with Gasteiger partial charge in [0, 0.05) is 6.54 Å². The van der Waals surface area contributed by atoms with Crippen molar-refractivity contribution < 1.29 is 13.2 Å². The standard InChI is InChI=1S/C9H9ClF3N/c1-5-2-7(9(11,12)13)8(10)3-6(5)4-14/h2-3H,4,14H2,1H3. The molecule has 0 atom stereocenters. The normalized spacial score (nSPS) is 11.9. The molecule has 0 amide bonds. The molecule has 14 heavy (non-hydrogen) atoms. The Hall–Kier alpha value is -0.740. The second-order valence-corrected chi connectivity index (χ2v) is 3.37. The van der Waals surface area contributed by atoms with E-state index >= 15 is 0 Å². The van der Waals surface area contributed by atoms with E-state index in [4.69, 9.17) is 17.3 Å². The molecule has 1 nitrogen and oxygen atoms in total. The molecule has 0 aliphatic heterocycles. The lowest BCUT2D eigenvalue weighted by Crippen LogP contribution is -2.08. The Kier molecular flexibility index (Phi) is 3.07. The summed E-state index contributed by atoms with van der Waals surface area (Å²) in [7, 11) is 0. The smallest absolute Gasteiger partial charge is 0.326 e. The number of alkyl halides is 3. The van der Waals surface area contributed by atoms with Gasteiger partial charge in [0.1, 0.15) is 0 Å². The minimum atomic E-state index is -4.41. The molecule has 0 spiro atoms. The number of nitrogens with two attached hydrogens (primary N) is 1. The first kappa shape index (κ1) is 11.3. The molecule has 0 unspecified atom stereocenters. The molecule has 78 valence electrons. The van der Waals surface area contributed by atoms with Gasteiger partial charge in [-0.3, -0.25) is 0 Å². The SMILES string of the molecule is Cc1cc(C(F)(F)F)c(Cl)cc1CN. The number of halogens is 4. The van der Waals surface area contributed by atoms with Crippen LogP contribution in [0.2, 0.25) is 5.02 Å². The maximum absolute atomic E-state index is 12.3. The summed E-state index contributed by atoms with van der Waals surface area (Å²) in [5, 5.41) is -0.302. The number of hydrogen-bond donors (Lipinski definition) is 1. The quantitative estimate of drug-likeness (QED) is 0.778. The van der Waals surface area contributed by atoms with Gasteiger partial charge >= 0.3 is 6.18 Å². The second kappa shape index (κ2) is 3.79. The van der Waals surface area contributed by atoms with Gasteiger partial charge in [0.2, 0.25) is 0 Å². The van der Waals surface area contributed by atoms with Gasteiger partial charge in [-0.05, 0) is 30.2 Å². The third-order valence-electron chi connectivity index (χ3n) is 1.95. The van der Waals surface area contributed by atoms with E-state index in [0.29, 0.717) is 11.1 Å². The lowest BCUT2D eigenvalue weighted by molar-refractivity contribution is -0.137. The highest BCUT2D eigenvalue weighted by Gasteiger charge is 2.33. The second-order valence-electron chi connectivity index (χ2n) is 2.96. The van der Waals surface area contributed by atoms with E-state index in [2.05, 4.69) is 0 Å². The topological polar surface area (TPSA) is 26.0 Å². The van der Waals surface area contributed by atoms with Crippen LogP contribution in [-0.2, 0) is 12.7 Å². The fourth-order valence-corrected chi connectivity index (χ4v) is 1.45. The van der Waals surface area contributed by atoms with Crippen LogP contribution in [0.3, 0.4) is 0 Å². The highest BCUT2D eigenvalue weighted by atomic mass is 35.5. The zero-order valence-corrected chi connectivity index (χ0v) is 8.21. The van der Waals surface area contributed by atoms with E-state index in [1.165, 1.54) is 6.07 Å². The minimum absolute atomic E-state index is 0.184. The van der Waals surface area contributed by atoms with Crippen molar-refractivity contribution in [2.45, 2.75) is 19.6 Å². The number of rotatable bonds is 1. The van der Waals surface area contributed by atoms with Crippen molar-refractivity contribution in [2.75, 3.05) is 0 Å². The van der Waals surface area contributed by atoms with Crippen molar-refractivity contribution >= 4 is 11.6 Å². The van der Waals surface area contributed by atoms with Crippen LogP contribution in [0.25, 0.3) is 0 Å². The maximum atomic E-state index is 12.3. The molecule has 0 saturated carbocycles. The van der Waals surface area contributed by atoms with Crippen molar-refractivity contribution in [1.82, 2.24) is 0 Å². The van der Waals surface area contributed by atoms with Gasteiger partial charge in [-0.25, -0.2) is 0 Å². The Morgan fingerprint density at radius 1 is 1.36 bits per heavy atom. The Bertz CT molecular complexity index is 347. The summed E-state index contributed by atoms with van der Waals surface area (Å²) < 4.78 is 37.0. The van der Waals surface area contributed by atoms with Crippen LogP contribution in [0.4, 0.5) is 13.2 Å². The first-order valence-electron chi connectivity index (χ1n) is 3.92. The van der Waals surface area contributed by atoms with Crippen molar-refractivity contribution in [3.63, 3.8) is 0 Å². The van der Waals surface area contributed by atoms with Crippen LogP contribution >= 0.6 is 11.6 Å². The zero-order chi connectivity index (χ0) is 10.9. The van der Waals surface area contributed by atoms with Crippen LogP contribution in [0, 0.1) is 6.92 Å². The van der Waals surface area contributed by atoms with Crippen LogP contribution in [-0.4, -0.2) is 0 Å². The van der Waals surface area contributed by atoms with E-state index in [-0.39, 0.29) is 11.6 Å². The molecule has 0 aliphatic rings. The molecule has 0 radical (unpaired) electrons. The molecule has 1 aromatic carbocycles. The van der Waals surface area contributed by atoms with Gasteiger partial charge in [0.05, 0.1) is 10.6 Å². The fourth-order valence-electron chi connectivity index (χ4n) is 1.16. The Morgan fingerprint density at radius 3 is 2.36 bits per heavy atom. The summed E-state index contributed by atoms with van der Waals surface area (Å²) in [6.07, 6.45) is -4.41. The first-order chi connectivity index (χ1) is 6.36. The molecule has 1 rings (SSSR count). The Balaban J connectivity index is 3.29. The zero-order valence-electron chi connectivity index (χ0n) is 7.45. The third kappa shape index (κ3) is 2.19. The van der Waals surface area contributed by atoms with Crippen molar-refractivity contribution in [2.24, 2.45) is 5.73 Å². The van der Waals surface area contributed by atoms with Gasteiger partial charge in [-0.2, -0.15) is 13.2 Å². The van der Waals surface area contributed by atoms with Crippen LogP contribution in [0.1, 0.15) is 16.7 Å². The molecule has 5 heteroatoms. The van der Waals surface area contributed by atoms with E-state index in [0.717, 1.165) is 6.07 Å². The largest absolute Gasteiger partial charge is 0.417 e. The summed E-state index contributed by atoms with van der Waals surface area (Å²) >= 11 is 5.49. The maximum Gasteiger partial charge on any atom is 0.417 e. The van der Waals surface area contributed by atoms with Crippen molar-refractivity contribution in [1.29, 1.82) is 0 Å². The summed E-state index contributed by atoms with van der Waals surface area (Å²) in [6.45, 7) is 1.76. The molecule has 0 saturated heterocycles. The summed E-state index contributed by atoms with van der Waals surface area (Å²) in [6, 6.07) is 2.28. The predicted octanol–water partition coefficient (Wildman–Crippen LogP) is 3.13. The van der Waals surface area contributed by atoms with E-state index in [1.54, 1.807) is 6.92 Å². The molecule has 0 heterocycles. The van der Waals surface area contributed by atoms with E-state index in [1.807, 2.05) is 0 Å². The predicted molar refractivity (Wildman–Crippen MR) is 49.1 cm³/mol. The Labute approximate surface area is 84.7 Å². The number of benzene rings is 1. The van der Waals surface area contributed by atoms with Gasteiger partial charge in [0.25, 0.3) is 0 Å². The van der Waals surface area contributed by atoms with Gasteiger partial charge in [-0.1, -0.05) is 11.6 Å². The molecule has 0 aliphatic carbocycles. The molecule has 2 N–H and O–H groups in total. The summed E-state index contributed by atoms with van der Waals surface area (Å²) in [5.74, 6) is 0. The van der Waals surface area contributed by atoms with Gasteiger partial charge in [-0.15, -0.1) is 0 Å². The third-order valence-corrected chi connectivity index (χ3v) is 2.26. The monoisotopic (exact) mass is 223 g/mol. The van der Waals surface area contributed by atoms with Crippen LogP contribution in [0.15, 0.2) is 12.1 Å². The lowest BCUT2D eigenvalue weighted by atomic mass is 10.0. The molecule has 0 fully saturated rings. The lowest BCUT2D eigenvalue weighted by Gasteiger charge is -2.12. The fraction of sp³-hybridized carbons (Fsp3) is 0.333. The Morgan fingerprint density at radius 2 is 1.93 bits per heavy atom. The van der Waals surface area contributed by atoms with Crippen molar-refractivity contribution in [3.8, 4) is 0 Å². The van der Waals surface area contributed by atoms with E-state index < -0.39 is 11.7 Å². The molecule has 1 aromatic rings. The first-order valence-corrected chi connectivity index (χ1v) is 4.30. The average Bonchev–Trinajstić information content (AvgIpc) is 2.06. The number of hydrogen-bond acceptors (Lipinski definition) is 1. The van der Waals surface area contributed by atoms with Crippen molar-refractivity contribution in [3.05, 3.63) is 33.8 Å². The summed E-state index contributed by atoms with van der Waals surface area (Å²) in [4.78, 5) is 0. The number of aryl methyl sites for hydroxylation is 1. The average molecular weight is 224 g/mol. The minimum Gasteiger partial charge on any atom is -0.326 e. The molecule has 0 bridgehead atoms. The summed E-state index contributed by atoms with van der Waals surface area (Å²) in [5.41, 5.74) is 5.66. The molecular weight excluding hydrogens is 215 g/mol. The van der Waals surface area contributed by atoms with E-state index in [9.17, 15) is 13.2 Å². The van der Waals surface area contributed by atoms with Crippen LogP contribution < -0.4 is 5.73 Å². The van der Waals surface area contributed by atoms with Crippen LogP contribution in [0.5, 0.6) is 0 Å². The molecular formula is C9H9ClF3N. The molecule has 0 aromatic heterocycles. The highest BCUT2D eigenvalue weighted by Crippen LogP contribution is 2.36. The highest BCUT2D eigenvalue weighted by molar-refractivity contribution is 6.31. The van der Waals surface area contributed by atoms with Gasteiger partial charge in [0.15, 0.2) is 0 Å².